The second kappa shape index (κ2) is 6.19. The van der Waals surface area contributed by atoms with Crippen molar-refractivity contribution in [3.8, 4) is 0 Å². The Hall–Kier alpha value is -1.84. The van der Waals surface area contributed by atoms with E-state index in [1.54, 1.807) is 12.1 Å². The van der Waals surface area contributed by atoms with Crippen molar-refractivity contribution in [2.24, 2.45) is 5.92 Å². The maximum absolute atomic E-state index is 12.1. The van der Waals surface area contributed by atoms with Gasteiger partial charge in [0.2, 0.25) is 0 Å². The van der Waals surface area contributed by atoms with Gasteiger partial charge in [0.25, 0.3) is 5.91 Å². The van der Waals surface area contributed by atoms with Gasteiger partial charge in [0.15, 0.2) is 0 Å². The summed E-state index contributed by atoms with van der Waals surface area (Å²) < 4.78 is 0. The number of aliphatic carboxylic acids is 1. The summed E-state index contributed by atoms with van der Waals surface area (Å²) in [5, 5.41) is 11.6. The lowest BCUT2D eigenvalue weighted by Crippen LogP contribution is -2.40. The molecular formula is C14H19NO3. The molecule has 0 fully saturated rings. The van der Waals surface area contributed by atoms with Gasteiger partial charge < -0.3 is 10.4 Å². The molecule has 0 radical (unpaired) electrons. The first-order chi connectivity index (χ1) is 8.41. The third-order valence-electron chi connectivity index (χ3n) is 2.91. The molecule has 1 atom stereocenters. The molecule has 2 N–H and O–H groups in total. The van der Waals surface area contributed by atoms with E-state index in [2.05, 4.69) is 5.32 Å². The molecule has 1 unspecified atom stereocenters. The highest BCUT2D eigenvalue weighted by Gasteiger charge is 2.20. The van der Waals surface area contributed by atoms with Gasteiger partial charge in [-0.05, 0) is 24.5 Å². The van der Waals surface area contributed by atoms with Crippen LogP contribution in [0.4, 0.5) is 0 Å². The molecule has 1 rings (SSSR count). The molecule has 0 saturated carbocycles. The first-order valence-electron chi connectivity index (χ1n) is 6.00. The number of rotatable bonds is 5. The smallest absolute Gasteiger partial charge is 0.305 e. The van der Waals surface area contributed by atoms with Crippen LogP contribution < -0.4 is 5.32 Å². The number of nitrogens with one attached hydrogen (secondary N) is 1. The minimum atomic E-state index is -0.904. The Bertz CT molecular complexity index is 440. The highest BCUT2D eigenvalue weighted by molar-refractivity contribution is 5.96. The number of aryl methyl sites for hydroxylation is 1. The average Bonchev–Trinajstić information content (AvgIpc) is 2.27. The zero-order valence-electron chi connectivity index (χ0n) is 10.9. The SMILES string of the molecule is Cc1ccccc1C(=O)NC(CC(=O)O)C(C)C. The summed E-state index contributed by atoms with van der Waals surface area (Å²) >= 11 is 0. The molecule has 0 heterocycles. The number of amides is 1. The minimum absolute atomic E-state index is 0.0602. The number of benzene rings is 1. The van der Waals surface area contributed by atoms with Crippen LogP contribution in [0.2, 0.25) is 0 Å². The molecule has 0 spiro atoms. The second-order valence-corrected chi connectivity index (χ2v) is 4.74. The molecule has 4 nitrogen and oxygen atoms in total. The first kappa shape index (κ1) is 14.2. The molecular weight excluding hydrogens is 230 g/mol. The number of carbonyl (C=O) groups is 2. The Morgan fingerprint density at radius 2 is 1.89 bits per heavy atom. The van der Waals surface area contributed by atoms with Gasteiger partial charge >= 0.3 is 5.97 Å². The maximum Gasteiger partial charge on any atom is 0.305 e. The number of hydrogen-bond donors (Lipinski definition) is 2. The Morgan fingerprint density at radius 1 is 1.28 bits per heavy atom. The topological polar surface area (TPSA) is 66.4 Å². The Morgan fingerprint density at radius 3 is 2.39 bits per heavy atom. The molecule has 98 valence electrons. The molecule has 0 aliphatic rings. The van der Waals surface area contributed by atoms with E-state index in [0.29, 0.717) is 5.56 Å². The van der Waals surface area contributed by atoms with Gasteiger partial charge in [-0.2, -0.15) is 0 Å². The van der Waals surface area contributed by atoms with Gasteiger partial charge in [0.1, 0.15) is 0 Å². The van der Waals surface area contributed by atoms with E-state index in [-0.39, 0.29) is 24.3 Å². The van der Waals surface area contributed by atoms with Crippen molar-refractivity contribution in [3.05, 3.63) is 35.4 Å². The monoisotopic (exact) mass is 249 g/mol. The van der Waals surface area contributed by atoms with Gasteiger partial charge in [-0.25, -0.2) is 0 Å². The van der Waals surface area contributed by atoms with E-state index < -0.39 is 5.97 Å². The standard InChI is InChI=1S/C14H19NO3/c1-9(2)12(8-13(16)17)15-14(18)11-7-5-4-6-10(11)3/h4-7,9,12H,8H2,1-3H3,(H,15,18)(H,16,17). The second-order valence-electron chi connectivity index (χ2n) is 4.74. The molecule has 0 aromatic heterocycles. The molecule has 1 amide bonds. The predicted octanol–water partition coefficient (Wildman–Crippen LogP) is 2.22. The lowest BCUT2D eigenvalue weighted by molar-refractivity contribution is -0.137. The molecule has 0 bridgehead atoms. The van der Waals surface area contributed by atoms with Crippen LogP contribution in [0.25, 0.3) is 0 Å². The Balaban J connectivity index is 2.79. The molecule has 18 heavy (non-hydrogen) atoms. The summed E-state index contributed by atoms with van der Waals surface area (Å²) in [5.74, 6) is -1.04. The summed E-state index contributed by atoms with van der Waals surface area (Å²) in [6.07, 6.45) is -0.0602. The van der Waals surface area contributed by atoms with Gasteiger partial charge in [-0.15, -0.1) is 0 Å². The lowest BCUT2D eigenvalue weighted by atomic mass is 10.00. The van der Waals surface area contributed by atoms with E-state index in [4.69, 9.17) is 5.11 Å². The Kier molecular flexibility index (Phi) is 4.89. The molecule has 4 heteroatoms. The molecule has 0 saturated heterocycles. The predicted molar refractivity (Wildman–Crippen MR) is 69.5 cm³/mol. The highest BCUT2D eigenvalue weighted by atomic mass is 16.4. The summed E-state index contributed by atoms with van der Waals surface area (Å²) in [6, 6.07) is 6.90. The third-order valence-corrected chi connectivity index (χ3v) is 2.91. The van der Waals surface area contributed by atoms with Crippen molar-refractivity contribution in [1.82, 2.24) is 5.32 Å². The van der Waals surface area contributed by atoms with E-state index in [0.717, 1.165) is 5.56 Å². The molecule has 0 aliphatic heterocycles. The van der Waals surface area contributed by atoms with Crippen molar-refractivity contribution >= 4 is 11.9 Å². The highest BCUT2D eigenvalue weighted by Crippen LogP contribution is 2.11. The number of hydrogen-bond acceptors (Lipinski definition) is 2. The van der Waals surface area contributed by atoms with Crippen LogP contribution in [0.5, 0.6) is 0 Å². The van der Waals surface area contributed by atoms with E-state index in [1.165, 1.54) is 0 Å². The van der Waals surface area contributed by atoms with Crippen LogP contribution in [0.15, 0.2) is 24.3 Å². The summed E-state index contributed by atoms with van der Waals surface area (Å²) in [7, 11) is 0. The first-order valence-corrected chi connectivity index (χ1v) is 6.00. The zero-order valence-corrected chi connectivity index (χ0v) is 10.9. The fourth-order valence-corrected chi connectivity index (χ4v) is 1.72. The van der Waals surface area contributed by atoms with Gasteiger partial charge in [-0.1, -0.05) is 32.0 Å². The van der Waals surface area contributed by atoms with Crippen LogP contribution in [-0.4, -0.2) is 23.0 Å². The van der Waals surface area contributed by atoms with Crippen molar-refractivity contribution < 1.29 is 14.7 Å². The largest absolute Gasteiger partial charge is 0.481 e. The van der Waals surface area contributed by atoms with Crippen LogP contribution in [-0.2, 0) is 4.79 Å². The lowest BCUT2D eigenvalue weighted by Gasteiger charge is -2.21. The van der Waals surface area contributed by atoms with Gasteiger partial charge in [-0.3, -0.25) is 9.59 Å². The van der Waals surface area contributed by atoms with Crippen LogP contribution in [0, 0.1) is 12.8 Å². The fourth-order valence-electron chi connectivity index (χ4n) is 1.72. The van der Waals surface area contributed by atoms with Crippen molar-refractivity contribution in [3.63, 3.8) is 0 Å². The normalized spacial score (nSPS) is 12.2. The van der Waals surface area contributed by atoms with E-state index >= 15 is 0 Å². The van der Waals surface area contributed by atoms with Crippen LogP contribution >= 0.6 is 0 Å². The van der Waals surface area contributed by atoms with Crippen molar-refractivity contribution in [1.29, 1.82) is 0 Å². The number of carboxylic acid groups (broad SMARTS) is 1. The summed E-state index contributed by atoms with van der Waals surface area (Å²) in [6.45, 7) is 5.65. The quantitative estimate of drug-likeness (QED) is 0.841. The van der Waals surface area contributed by atoms with Crippen molar-refractivity contribution in [2.45, 2.75) is 33.2 Å². The van der Waals surface area contributed by atoms with E-state index in [1.807, 2.05) is 32.9 Å². The molecule has 1 aromatic carbocycles. The van der Waals surface area contributed by atoms with E-state index in [9.17, 15) is 9.59 Å². The molecule has 0 aliphatic carbocycles. The fraction of sp³-hybridized carbons (Fsp3) is 0.429. The average molecular weight is 249 g/mol. The summed E-state index contributed by atoms with van der Waals surface area (Å²) in [5.41, 5.74) is 1.47. The minimum Gasteiger partial charge on any atom is -0.481 e. The maximum atomic E-state index is 12.1. The molecule has 1 aromatic rings. The number of carbonyl (C=O) groups excluding carboxylic acids is 1. The van der Waals surface area contributed by atoms with Gasteiger partial charge in [0, 0.05) is 11.6 Å². The van der Waals surface area contributed by atoms with Crippen LogP contribution in [0.3, 0.4) is 0 Å². The van der Waals surface area contributed by atoms with Crippen molar-refractivity contribution in [2.75, 3.05) is 0 Å². The van der Waals surface area contributed by atoms with Gasteiger partial charge in [0.05, 0.1) is 6.42 Å². The zero-order chi connectivity index (χ0) is 13.7. The number of carboxylic acids is 1. The van der Waals surface area contributed by atoms with Crippen LogP contribution in [0.1, 0.15) is 36.2 Å². The summed E-state index contributed by atoms with van der Waals surface area (Å²) in [4.78, 5) is 22.8. The third kappa shape index (κ3) is 3.87. The Labute approximate surface area is 107 Å².